The second-order valence-corrected chi connectivity index (χ2v) is 7.91. The van der Waals surface area contributed by atoms with Crippen LogP contribution in [-0.4, -0.2) is 31.2 Å². The number of carbonyl (C=O) groups is 1. The molecule has 1 fully saturated rings. The maximum Gasteiger partial charge on any atom is 0.241 e. The van der Waals surface area contributed by atoms with E-state index in [1.54, 1.807) is 19.2 Å². The zero-order valence-corrected chi connectivity index (χ0v) is 18.2. The zero-order valence-electron chi connectivity index (χ0n) is 15.9. The van der Waals surface area contributed by atoms with Crippen LogP contribution in [0.25, 0.3) is 0 Å². The molecule has 2 aromatic rings. The average Bonchev–Trinajstić information content (AvgIpc) is 2.72. The molecule has 6 nitrogen and oxygen atoms in total. The highest BCUT2D eigenvalue weighted by Crippen LogP contribution is 2.31. The van der Waals surface area contributed by atoms with Crippen molar-refractivity contribution in [2.45, 2.75) is 12.8 Å². The summed E-state index contributed by atoms with van der Waals surface area (Å²) in [5.74, 6) is 0.490. The summed E-state index contributed by atoms with van der Waals surface area (Å²) in [4.78, 5) is 14.7. The van der Waals surface area contributed by atoms with Crippen LogP contribution in [0.3, 0.4) is 0 Å². The maximum absolute atomic E-state index is 12.5. The van der Waals surface area contributed by atoms with Crippen LogP contribution < -0.4 is 25.8 Å². The van der Waals surface area contributed by atoms with Crippen molar-refractivity contribution in [1.29, 1.82) is 0 Å². The third kappa shape index (κ3) is 5.88. The Morgan fingerprint density at radius 2 is 1.90 bits per heavy atom. The van der Waals surface area contributed by atoms with Gasteiger partial charge in [0.1, 0.15) is 5.75 Å². The molecule has 1 heterocycles. The Morgan fingerprint density at radius 3 is 2.59 bits per heavy atom. The number of hydrogen-bond acceptors (Lipinski definition) is 4. The van der Waals surface area contributed by atoms with Crippen molar-refractivity contribution < 1.29 is 9.53 Å². The summed E-state index contributed by atoms with van der Waals surface area (Å²) < 4.78 is 5.28. The van der Waals surface area contributed by atoms with Crippen molar-refractivity contribution >= 4 is 57.8 Å². The first kappa shape index (κ1) is 21.5. The SMILES string of the molecule is COc1cc(N2CCC(C(=O)NNC(=S)Nc3cccc(Cl)c3)CC2)ccc1Cl. The molecular formula is C20H22Cl2N4O2S. The first-order valence-electron chi connectivity index (χ1n) is 9.17. The number of carbonyl (C=O) groups excluding carboxylic acids is 1. The van der Waals surface area contributed by atoms with E-state index in [2.05, 4.69) is 21.1 Å². The minimum absolute atomic E-state index is 0.0754. The van der Waals surface area contributed by atoms with Gasteiger partial charge >= 0.3 is 0 Å². The van der Waals surface area contributed by atoms with Crippen LogP contribution in [0.15, 0.2) is 42.5 Å². The molecule has 1 aliphatic heterocycles. The van der Waals surface area contributed by atoms with E-state index < -0.39 is 0 Å². The van der Waals surface area contributed by atoms with E-state index in [9.17, 15) is 4.79 Å². The van der Waals surface area contributed by atoms with Crippen molar-refractivity contribution in [1.82, 2.24) is 10.9 Å². The average molecular weight is 453 g/mol. The molecule has 9 heteroatoms. The van der Waals surface area contributed by atoms with Gasteiger partial charge in [-0.25, -0.2) is 0 Å². The van der Waals surface area contributed by atoms with Crippen molar-refractivity contribution in [3.63, 3.8) is 0 Å². The quantitative estimate of drug-likeness (QED) is 0.476. The van der Waals surface area contributed by atoms with Gasteiger partial charge in [0.25, 0.3) is 0 Å². The van der Waals surface area contributed by atoms with Gasteiger partial charge in [0.15, 0.2) is 5.11 Å². The van der Waals surface area contributed by atoms with Gasteiger partial charge in [-0.2, -0.15) is 0 Å². The van der Waals surface area contributed by atoms with Crippen molar-refractivity contribution in [2.24, 2.45) is 5.92 Å². The van der Waals surface area contributed by atoms with Gasteiger partial charge in [-0.3, -0.25) is 15.6 Å². The fourth-order valence-electron chi connectivity index (χ4n) is 3.19. The van der Waals surface area contributed by atoms with Crippen molar-refractivity contribution in [3.05, 3.63) is 52.5 Å². The lowest BCUT2D eigenvalue weighted by Gasteiger charge is -2.33. The molecule has 3 rings (SSSR count). The second-order valence-electron chi connectivity index (χ2n) is 6.66. The van der Waals surface area contributed by atoms with Gasteiger partial charge in [0.05, 0.1) is 12.1 Å². The van der Waals surface area contributed by atoms with Crippen molar-refractivity contribution in [3.8, 4) is 5.75 Å². The van der Waals surface area contributed by atoms with Crippen LogP contribution in [0.1, 0.15) is 12.8 Å². The number of thiocarbonyl (C=S) groups is 1. The molecule has 2 aromatic carbocycles. The van der Waals surface area contributed by atoms with Gasteiger partial charge in [0.2, 0.25) is 5.91 Å². The standard InChI is InChI=1S/C20H22Cl2N4O2S/c1-28-18-12-16(5-6-17(18)22)26-9-7-13(8-10-26)19(27)24-25-20(29)23-15-4-2-3-14(21)11-15/h2-6,11-13H,7-10H2,1H3,(H,24,27)(H2,23,25,29). The Balaban J connectivity index is 1.45. The lowest BCUT2D eigenvalue weighted by Crippen LogP contribution is -2.48. The van der Waals surface area contributed by atoms with E-state index in [1.165, 1.54) is 0 Å². The summed E-state index contributed by atoms with van der Waals surface area (Å²) in [5, 5.41) is 4.46. The Labute approximate surface area is 185 Å². The fourth-order valence-corrected chi connectivity index (χ4v) is 3.75. The molecule has 1 aliphatic rings. The van der Waals surface area contributed by atoms with E-state index in [0.717, 1.165) is 37.3 Å². The molecule has 0 spiro atoms. The number of benzene rings is 2. The molecule has 154 valence electrons. The summed E-state index contributed by atoms with van der Waals surface area (Å²) in [7, 11) is 1.60. The maximum atomic E-state index is 12.5. The Kier molecular flexibility index (Phi) is 7.41. The normalized spacial score (nSPS) is 14.2. The monoisotopic (exact) mass is 452 g/mol. The first-order valence-corrected chi connectivity index (χ1v) is 10.3. The highest BCUT2D eigenvalue weighted by molar-refractivity contribution is 7.80. The first-order chi connectivity index (χ1) is 14.0. The molecule has 0 aromatic heterocycles. The van der Waals surface area contributed by atoms with Gasteiger partial charge in [-0.05, 0) is 55.4 Å². The van der Waals surface area contributed by atoms with Gasteiger partial charge < -0.3 is 15.0 Å². The summed E-state index contributed by atoms with van der Waals surface area (Å²) in [6, 6.07) is 12.9. The van der Waals surface area contributed by atoms with Crippen LogP contribution >= 0.6 is 35.4 Å². The van der Waals surface area contributed by atoms with E-state index in [4.69, 9.17) is 40.2 Å². The number of ether oxygens (including phenoxy) is 1. The van der Waals surface area contributed by atoms with E-state index in [0.29, 0.717) is 20.9 Å². The summed E-state index contributed by atoms with van der Waals surface area (Å²) >= 11 is 17.2. The minimum Gasteiger partial charge on any atom is -0.495 e. The highest BCUT2D eigenvalue weighted by atomic mass is 35.5. The van der Waals surface area contributed by atoms with Gasteiger partial charge in [-0.1, -0.05) is 29.3 Å². The lowest BCUT2D eigenvalue weighted by molar-refractivity contribution is -0.126. The second kappa shape index (κ2) is 10.0. The van der Waals surface area contributed by atoms with Crippen LogP contribution in [0.5, 0.6) is 5.75 Å². The van der Waals surface area contributed by atoms with Crippen LogP contribution in [0.4, 0.5) is 11.4 Å². The lowest BCUT2D eigenvalue weighted by atomic mass is 9.96. The molecule has 0 aliphatic carbocycles. The number of nitrogens with one attached hydrogen (secondary N) is 3. The summed E-state index contributed by atoms with van der Waals surface area (Å²) in [5.41, 5.74) is 7.21. The van der Waals surface area contributed by atoms with E-state index in [1.807, 2.05) is 30.3 Å². The van der Waals surface area contributed by atoms with Crippen LogP contribution in [0, 0.1) is 5.92 Å². The smallest absolute Gasteiger partial charge is 0.241 e. The number of anilines is 2. The highest BCUT2D eigenvalue weighted by Gasteiger charge is 2.25. The molecular weight excluding hydrogens is 431 g/mol. The number of rotatable bonds is 4. The third-order valence-corrected chi connectivity index (χ3v) is 5.50. The van der Waals surface area contributed by atoms with Gasteiger partial charge in [-0.15, -0.1) is 0 Å². The van der Waals surface area contributed by atoms with E-state index in [-0.39, 0.29) is 11.8 Å². The zero-order chi connectivity index (χ0) is 20.8. The third-order valence-electron chi connectivity index (χ3n) is 4.75. The minimum atomic E-state index is -0.0816. The molecule has 0 saturated carbocycles. The molecule has 29 heavy (non-hydrogen) atoms. The molecule has 0 bridgehead atoms. The number of nitrogens with zero attached hydrogens (tertiary/aromatic N) is 1. The fraction of sp³-hybridized carbons (Fsp3) is 0.300. The molecule has 1 amide bonds. The Morgan fingerprint density at radius 1 is 1.14 bits per heavy atom. The topological polar surface area (TPSA) is 65.6 Å². The predicted molar refractivity (Wildman–Crippen MR) is 122 cm³/mol. The van der Waals surface area contributed by atoms with E-state index >= 15 is 0 Å². The van der Waals surface area contributed by atoms with Crippen LogP contribution in [-0.2, 0) is 4.79 Å². The molecule has 0 atom stereocenters. The number of hydrogen-bond donors (Lipinski definition) is 3. The molecule has 1 saturated heterocycles. The largest absolute Gasteiger partial charge is 0.495 e. The van der Waals surface area contributed by atoms with Crippen molar-refractivity contribution in [2.75, 3.05) is 30.4 Å². The number of hydrazine groups is 1. The Hall–Kier alpha value is -2.22. The molecule has 3 N–H and O–H groups in total. The number of amides is 1. The van der Waals surface area contributed by atoms with Gasteiger partial charge in [0, 0.05) is 41.5 Å². The summed E-state index contributed by atoms with van der Waals surface area (Å²) in [6.45, 7) is 1.54. The number of methoxy groups -OCH3 is 1. The number of halogens is 2. The predicted octanol–water partition coefficient (Wildman–Crippen LogP) is 4.24. The van der Waals surface area contributed by atoms with Crippen LogP contribution in [0.2, 0.25) is 10.0 Å². The Bertz CT molecular complexity index is 889. The number of piperidine rings is 1. The molecule has 0 unspecified atom stereocenters. The summed E-state index contributed by atoms with van der Waals surface area (Å²) in [6.07, 6.45) is 1.49. The molecule has 0 radical (unpaired) electrons.